The fourth-order valence-corrected chi connectivity index (χ4v) is 1.46. The molecule has 1 aliphatic rings. The summed E-state index contributed by atoms with van der Waals surface area (Å²) in [6, 6.07) is 3.86. The van der Waals surface area contributed by atoms with Crippen LogP contribution >= 0.6 is 15.9 Å². The highest BCUT2D eigenvalue weighted by molar-refractivity contribution is 9.10. The van der Waals surface area contributed by atoms with Crippen molar-refractivity contribution in [3.63, 3.8) is 0 Å². The fraction of sp³-hybridized carbons (Fsp3) is 0.333. The number of hydrogen-bond donors (Lipinski definition) is 1. The van der Waals surface area contributed by atoms with Gasteiger partial charge in [-0.1, -0.05) is 5.16 Å². The van der Waals surface area contributed by atoms with E-state index in [1.807, 2.05) is 19.2 Å². The zero-order valence-corrected chi connectivity index (χ0v) is 9.28. The third-order valence-corrected chi connectivity index (χ3v) is 2.48. The molecule has 0 saturated carbocycles. The summed E-state index contributed by atoms with van der Waals surface area (Å²) < 4.78 is 0.964. The van der Waals surface area contributed by atoms with Crippen LogP contribution in [0.1, 0.15) is 12.1 Å². The first kappa shape index (κ1) is 9.61. The van der Waals surface area contributed by atoms with Gasteiger partial charge in [0, 0.05) is 17.1 Å². The SMILES string of the molecule is CNC1CC(c2ccc(Br)cn2)=NO1. The van der Waals surface area contributed by atoms with Gasteiger partial charge in [-0.25, -0.2) is 0 Å². The number of halogens is 1. The van der Waals surface area contributed by atoms with Crippen LogP contribution in [0.2, 0.25) is 0 Å². The summed E-state index contributed by atoms with van der Waals surface area (Å²) in [7, 11) is 1.85. The van der Waals surface area contributed by atoms with Crippen molar-refractivity contribution in [2.75, 3.05) is 7.05 Å². The third kappa shape index (κ3) is 1.93. The summed E-state index contributed by atoms with van der Waals surface area (Å²) in [4.78, 5) is 9.37. The van der Waals surface area contributed by atoms with Crippen LogP contribution in [-0.4, -0.2) is 24.0 Å². The second-order valence-corrected chi connectivity index (χ2v) is 3.90. The lowest BCUT2D eigenvalue weighted by atomic mass is 10.2. The predicted molar refractivity (Wildman–Crippen MR) is 57.0 cm³/mol. The Hall–Kier alpha value is -0.940. The molecule has 0 spiro atoms. The van der Waals surface area contributed by atoms with E-state index in [1.165, 1.54) is 0 Å². The topological polar surface area (TPSA) is 46.5 Å². The van der Waals surface area contributed by atoms with E-state index in [4.69, 9.17) is 4.84 Å². The van der Waals surface area contributed by atoms with Gasteiger partial charge in [0.25, 0.3) is 0 Å². The number of nitrogens with one attached hydrogen (secondary N) is 1. The quantitative estimate of drug-likeness (QED) is 0.872. The predicted octanol–water partition coefficient (Wildman–Crippen LogP) is 1.51. The monoisotopic (exact) mass is 255 g/mol. The molecule has 2 heterocycles. The average molecular weight is 256 g/mol. The molecule has 1 unspecified atom stereocenters. The summed E-state index contributed by atoms with van der Waals surface area (Å²) in [6.07, 6.45) is 2.49. The summed E-state index contributed by atoms with van der Waals surface area (Å²) in [5.41, 5.74) is 1.75. The van der Waals surface area contributed by atoms with Crippen LogP contribution < -0.4 is 5.32 Å². The summed E-state index contributed by atoms with van der Waals surface area (Å²) in [5.74, 6) is 0. The highest BCUT2D eigenvalue weighted by Gasteiger charge is 2.20. The Kier molecular flexibility index (Phi) is 2.79. The third-order valence-electron chi connectivity index (χ3n) is 2.01. The normalized spacial score (nSPS) is 20.4. The van der Waals surface area contributed by atoms with Crippen molar-refractivity contribution in [2.24, 2.45) is 5.16 Å². The van der Waals surface area contributed by atoms with E-state index in [0.29, 0.717) is 0 Å². The lowest BCUT2D eigenvalue weighted by Gasteiger charge is -2.03. The molecule has 14 heavy (non-hydrogen) atoms. The average Bonchev–Trinajstić information content (AvgIpc) is 2.67. The molecule has 5 heteroatoms. The van der Waals surface area contributed by atoms with Gasteiger partial charge < -0.3 is 4.84 Å². The van der Waals surface area contributed by atoms with Crippen molar-refractivity contribution in [1.29, 1.82) is 0 Å². The molecular weight excluding hydrogens is 246 g/mol. The van der Waals surface area contributed by atoms with Crippen LogP contribution in [0.15, 0.2) is 28.0 Å². The lowest BCUT2D eigenvalue weighted by molar-refractivity contribution is 0.0662. The molecule has 0 fully saturated rings. The van der Waals surface area contributed by atoms with Crippen molar-refractivity contribution in [2.45, 2.75) is 12.6 Å². The molecule has 1 aromatic rings. The number of hydrogen-bond acceptors (Lipinski definition) is 4. The fourth-order valence-electron chi connectivity index (χ4n) is 1.23. The molecule has 1 atom stereocenters. The number of nitrogens with zero attached hydrogens (tertiary/aromatic N) is 2. The molecule has 1 N–H and O–H groups in total. The van der Waals surface area contributed by atoms with Crippen LogP contribution in [0.5, 0.6) is 0 Å². The van der Waals surface area contributed by atoms with E-state index in [9.17, 15) is 0 Å². The van der Waals surface area contributed by atoms with Gasteiger partial charge >= 0.3 is 0 Å². The van der Waals surface area contributed by atoms with E-state index >= 15 is 0 Å². The standard InChI is InChI=1S/C9H10BrN3O/c1-11-9-4-8(13-14-9)7-3-2-6(10)5-12-7/h2-3,5,9,11H,4H2,1H3. The maximum Gasteiger partial charge on any atom is 0.184 e. The molecule has 74 valence electrons. The van der Waals surface area contributed by atoms with E-state index in [0.717, 1.165) is 22.3 Å². The minimum absolute atomic E-state index is 0.0181. The molecule has 1 aromatic heterocycles. The van der Waals surface area contributed by atoms with Crippen LogP contribution in [0.4, 0.5) is 0 Å². The zero-order valence-electron chi connectivity index (χ0n) is 7.70. The zero-order chi connectivity index (χ0) is 9.97. The summed E-state index contributed by atoms with van der Waals surface area (Å²) in [5, 5.41) is 6.97. The van der Waals surface area contributed by atoms with Crippen LogP contribution in [0.3, 0.4) is 0 Å². The van der Waals surface area contributed by atoms with Crippen LogP contribution in [0.25, 0.3) is 0 Å². The van der Waals surface area contributed by atoms with Crippen molar-refractivity contribution in [3.05, 3.63) is 28.5 Å². The highest BCUT2D eigenvalue weighted by Crippen LogP contribution is 2.15. The molecule has 0 aliphatic carbocycles. The molecule has 2 rings (SSSR count). The Labute approximate surface area is 90.5 Å². The van der Waals surface area contributed by atoms with Gasteiger partial charge in [-0.3, -0.25) is 10.3 Å². The Balaban J connectivity index is 2.13. The van der Waals surface area contributed by atoms with Gasteiger partial charge in [0.15, 0.2) is 6.23 Å². The van der Waals surface area contributed by atoms with E-state index in [1.54, 1.807) is 6.20 Å². The van der Waals surface area contributed by atoms with Crippen molar-refractivity contribution in [1.82, 2.24) is 10.3 Å². The van der Waals surface area contributed by atoms with Gasteiger partial charge in [0.05, 0.1) is 5.69 Å². The maximum absolute atomic E-state index is 5.12. The maximum atomic E-state index is 5.12. The van der Waals surface area contributed by atoms with Crippen LogP contribution in [0, 0.1) is 0 Å². The molecular formula is C9H10BrN3O. The Morgan fingerprint density at radius 1 is 1.57 bits per heavy atom. The molecule has 1 aliphatic heterocycles. The largest absolute Gasteiger partial charge is 0.376 e. The second-order valence-electron chi connectivity index (χ2n) is 2.99. The van der Waals surface area contributed by atoms with Gasteiger partial charge in [-0.05, 0) is 35.1 Å². The molecule has 0 aromatic carbocycles. The first-order valence-corrected chi connectivity index (χ1v) is 5.11. The number of aromatic nitrogens is 1. The van der Waals surface area contributed by atoms with E-state index in [2.05, 4.69) is 31.4 Å². The lowest BCUT2D eigenvalue weighted by Crippen LogP contribution is -2.24. The Bertz CT molecular complexity index is 350. The van der Waals surface area contributed by atoms with E-state index < -0.39 is 0 Å². The summed E-state index contributed by atoms with van der Waals surface area (Å²) >= 11 is 3.33. The number of rotatable bonds is 2. The van der Waals surface area contributed by atoms with Gasteiger partial charge in [-0.2, -0.15) is 0 Å². The minimum atomic E-state index is -0.0181. The molecule has 0 amide bonds. The number of oxime groups is 1. The molecule has 4 nitrogen and oxygen atoms in total. The molecule has 0 bridgehead atoms. The number of pyridine rings is 1. The van der Waals surface area contributed by atoms with Gasteiger partial charge in [-0.15, -0.1) is 0 Å². The van der Waals surface area contributed by atoms with Crippen molar-refractivity contribution < 1.29 is 4.84 Å². The Morgan fingerprint density at radius 2 is 2.43 bits per heavy atom. The first-order chi connectivity index (χ1) is 6.79. The van der Waals surface area contributed by atoms with Gasteiger partial charge in [0.2, 0.25) is 0 Å². The van der Waals surface area contributed by atoms with Crippen LogP contribution in [-0.2, 0) is 4.84 Å². The van der Waals surface area contributed by atoms with E-state index in [-0.39, 0.29) is 6.23 Å². The molecule has 0 saturated heterocycles. The highest BCUT2D eigenvalue weighted by atomic mass is 79.9. The molecule has 0 radical (unpaired) electrons. The first-order valence-electron chi connectivity index (χ1n) is 4.31. The second kappa shape index (κ2) is 4.06. The van der Waals surface area contributed by atoms with Gasteiger partial charge in [0.1, 0.15) is 5.71 Å². The van der Waals surface area contributed by atoms with Crippen molar-refractivity contribution >= 4 is 21.6 Å². The minimum Gasteiger partial charge on any atom is -0.376 e. The van der Waals surface area contributed by atoms with Crippen molar-refractivity contribution in [3.8, 4) is 0 Å². The smallest absolute Gasteiger partial charge is 0.184 e. The Morgan fingerprint density at radius 3 is 3.00 bits per heavy atom. The summed E-state index contributed by atoms with van der Waals surface area (Å²) in [6.45, 7) is 0.